The summed E-state index contributed by atoms with van der Waals surface area (Å²) in [5, 5.41) is 21.6. The summed E-state index contributed by atoms with van der Waals surface area (Å²) >= 11 is 0. The van der Waals surface area contributed by atoms with Crippen molar-refractivity contribution in [3.8, 4) is 0 Å². The molecule has 2 aromatic rings. The van der Waals surface area contributed by atoms with Crippen LogP contribution in [-0.2, 0) is 9.53 Å². The largest absolute Gasteiger partial charge is 0.423 e. The summed E-state index contributed by atoms with van der Waals surface area (Å²) in [4.78, 5) is 32.0. The molecule has 0 unspecified atom stereocenters. The Balaban J connectivity index is 2.11. The maximum absolute atomic E-state index is 11.4. The minimum atomic E-state index is -0.531. The van der Waals surface area contributed by atoms with Gasteiger partial charge in [0.25, 0.3) is 11.4 Å². The molecule has 0 amide bonds. The second kappa shape index (κ2) is 6.36. The Hall–Kier alpha value is -3.81. The number of carbonyl (C=O) groups is 1. The lowest BCUT2D eigenvalue weighted by molar-refractivity contribution is -0.385. The van der Waals surface area contributed by atoms with Gasteiger partial charge in [-0.1, -0.05) is 0 Å². The average Bonchev–Trinajstić information content (AvgIpc) is 3.02. The molecule has 124 valence electrons. The first-order valence-electron chi connectivity index (χ1n) is 7.09. The SMILES string of the molecule is O=C1C=CC(=C(c2ccc([N+](=O)[O-])cc2)c2ccc([N+](=O)[O-])cc2)O1. The van der Waals surface area contributed by atoms with Crippen LogP contribution in [0.2, 0.25) is 0 Å². The Labute approximate surface area is 141 Å². The van der Waals surface area contributed by atoms with Gasteiger partial charge in [0.15, 0.2) is 0 Å². The molecule has 0 saturated heterocycles. The van der Waals surface area contributed by atoms with E-state index >= 15 is 0 Å². The lowest BCUT2D eigenvalue weighted by atomic mass is 9.96. The molecule has 0 aromatic heterocycles. The second-order valence-electron chi connectivity index (χ2n) is 5.10. The molecule has 2 aromatic carbocycles. The fourth-order valence-corrected chi connectivity index (χ4v) is 2.41. The molecular formula is C17H10N2O6. The lowest BCUT2D eigenvalue weighted by Gasteiger charge is -2.11. The Morgan fingerprint density at radius 3 is 1.52 bits per heavy atom. The molecular weight excluding hydrogens is 328 g/mol. The van der Waals surface area contributed by atoms with Crippen LogP contribution in [0.15, 0.2) is 66.4 Å². The highest BCUT2D eigenvalue weighted by Gasteiger charge is 2.19. The van der Waals surface area contributed by atoms with E-state index in [1.807, 2.05) is 0 Å². The predicted molar refractivity (Wildman–Crippen MR) is 87.4 cm³/mol. The number of esters is 1. The third-order valence-corrected chi connectivity index (χ3v) is 3.56. The van der Waals surface area contributed by atoms with Crippen LogP contribution < -0.4 is 0 Å². The van der Waals surface area contributed by atoms with Gasteiger partial charge in [0.1, 0.15) is 5.76 Å². The second-order valence-corrected chi connectivity index (χ2v) is 5.10. The first kappa shape index (κ1) is 16.1. The minimum Gasteiger partial charge on any atom is -0.423 e. The molecule has 0 N–H and O–H groups in total. The monoisotopic (exact) mass is 338 g/mol. The van der Waals surface area contributed by atoms with Gasteiger partial charge >= 0.3 is 5.97 Å². The molecule has 0 fully saturated rings. The van der Waals surface area contributed by atoms with E-state index in [2.05, 4.69) is 0 Å². The number of benzene rings is 2. The fourth-order valence-electron chi connectivity index (χ4n) is 2.41. The Bertz CT molecular complexity index is 867. The van der Waals surface area contributed by atoms with Crippen molar-refractivity contribution in [1.82, 2.24) is 0 Å². The van der Waals surface area contributed by atoms with Gasteiger partial charge in [-0.2, -0.15) is 0 Å². The van der Waals surface area contributed by atoms with Gasteiger partial charge in [-0.05, 0) is 41.5 Å². The number of non-ortho nitro benzene ring substituents is 2. The van der Waals surface area contributed by atoms with Crippen molar-refractivity contribution in [1.29, 1.82) is 0 Å². The highest BCUT2D eigenvalue weighted by Crippen LogP contribution is 2.32. The van der Waals surface area contributed by atoms with E-state index in [4.69, 9.17) is 4.74 Å². The van der Waals surface area contributed by atoms with Crippen molar-refractivity contribution >= 4 is 22.9 Å². The van der Waals surface area contributed by atoms with E-state index in [-0.39, 0.29) is 17.1 Å². The van der Waals surface area contributed by atoms with E-state index in [9.17, 15) is 25.0 Å². The number of allylic oxidation sites excluding steroid dienone is 1. The molecule has 0 saturated carbocycles. The molecule has 0 bridgehead atoms. The smallest absolute Gasteiger partial charge is 0.336 e. The van der Waals surface area contributed by atoms with E-state index in [0.29, 0.717) is 16.7 Å². The molecule has 0 aliphatic carbocycles. The number of nitro benzene ring substituents is 2. The highest BCUT2D eigenvalue weighted by atomic mass is 16.6. The van der Waals surface area contributed by atoms with Crippen LogP contribution in [0.1, 0.15) is 11.1 Å². The summed E-state index contributed by atoms with van der Waals surface area (Å²) in [7, 11) is 0. The van der Waals surface area contributed by atoms with Crippen LogP contribution in [0.5, 0.6) is 0 Å². The third-order valence-electron chi connectivity index (χ3n) is 3.56. The molecule has 1 aliphatic heterocycles. The molecule has 8 heteroatoms. The maximum atomic E-state index is 11.4. The summed E-state index contributed by atoms with van der Waals surface area (Å²) in [5.74, 6) is -0.260. The van der Waals surface area contributed by atoms with Gasteiger partial charge in [-0.3, -0.25) is 20.2 Å². The molecule has 0 atom stereocenters. The molecule has 0 spiro atoms. The average molecular weight is 338 g/mol. The van der Waals surface area contributed by atoms with E-state index in [0.717, 1.165) is 0 Å². The van der Waals surface area contributed by atoms with E-state index < -0.39 is 15.8 Å². The lowest BCUT2D eigenvalue weighted by Crippen LogP contribution is -1.98. The number of cyclic esters (lactones) is 1. The number of nitrogens with zero attached hydrogens (tertiary/aromatic N) is 2. The zero-order chi connectivity index (χ0) is 18.0. The zero-order valence-corrected chi connectivity index (χ0v) is 12.6. The van der Waals surface area contributed by atoms with Gasteiger partial charge in [0, 0.05) is 35.9 Å². The number of rotatable bonds is 4. The summed E-state index contributed by atoms with van der Waals surface area (Å²) < 4.78 is 5.15. The topological polar surface area (TPSA) is 113 Å². The summed E-state index contributed by atoms with van der Waals surface area (Å²) in [5.41, 5.74) is 1.51. The molecule has 3 rings (SSSR count). The van der Waals surface area contributed by atoms with Crippen LogP contribution in [0, 0.1) is 20.2 Å². The Morgan fingerprint density at radius 2 is 1.20 bits per heavy atom. The number of carbonyl (C=O) groups excluding carboxylic acids is 1. The van der Waals surface area contributed by atoms with Gasteiger partial charge in [-0.15, -0.1) is 0 Å². The zero-order valence-electron chi connectivity index (χ0n) is 12.6. The standard InChI is InChI=1S/C17H10N2O6/c20-16-10-9-15(25-16)17(11-1-5-13(6-2-11)18(21)22)12-3-7-14(8-4-12)19(23)24/h1-10H. The Kier molecular flexibility index (Phi) is 4.09. The van der Waals surface area contributed by atoms with Crippen molar-refractivity contribution < 1.29 is 19.4 Å². The van der Waals surface area contributed by atoms with Gasteiger partial charge in [0.05, 0.1) is 9.85 Å². The number of nitro groups is 2. The minimum absolute atomic E-state index is 0.0734. The molecule has 25 heavy (non-hydrogen) atoms. The molecule has 0 radical (unpaired) electrons. The molecule has 1 heterocycles. The van der Waals surface area contributed by atoms with Crippen molar-refractivity contribution in [3.63, 3.8) is 0 Å². The van der Waals surface area contributed by atoms with Crippen LogP contribution in [-0.4, -0.2) is 15.8 Å². The molecule has 1 aliphatic rings. The summed E-state index contributed by atoms with van der Waals surface area (Å²) in [6.07, 6.45) is 2.74. The van der Waals surface area contributed by atoms with Crippen molar-refractivity contribution in [2.24, 2.45) is 0 Å². The fraction of sp³-hybridized carbons (Fsp3) is 0. The van der Waals surface area contributed by atoms with Crippen LogP contribution in [0.3, 0.4) is 0 Å². The van der Waals surface area contributed by atoms with Crippen LogP contribution in [0.4, 0.5) is 11.4 Å². The predicted octanol–water partition coefficient (Wildman–Crippen LogP) is 3.38. The van der Waals surface area contributed by atoms with Gasteiger partial charge in [0.2, 0.25) is 0 Å². The van der Waals surface area contributed by atoms with Crippen molar-refractivity contribution in [2.75, 3.05) is 0 Å². The van der Waals surface area contributed by atoms with E-state index in [1.165, 1.54) is 60.7 Å². The number of hydrogen-bond donors (Lipinski definition) is 0. The third kappa shape index (κ3) is 3.27. The summed E-state index contributed by atoms with van der Waals surface area (Å²) in [6.45, 7) is 0. The van der Waals surface area contributed by atoms with Gasteiger partial charge < -0.3 is 4.74 Å². The van der Waals surface area contributed by atoms with Crippen molar-refractivity contribution in [2.45, 2.75) is 0 Å². The highest BCUT2D eigenvalue weighted by molar-refractivity contribution is 5.92. The van der Waals surface area contributed by atoms with Crippen LogP contribution in [0.25, 0.3) is 5.57 Å². The Morgan fingerprint density at radius 1 is 0.760 bits per heavy atom. The first-order valence-corrected chi connectivity index (χ1v) is 7.09. The normalized spacial score (nSPS) is 12.8. The maximum Gasteiger partial charge on any atom is 0.336 e. The van der Waals surface area contributed by atoms with Crippen molar-refractivity contribution in [3.05, 3.63) is 97.8 Å². The number of hydrogen-bond acceptors (Lipinski definition) is 6. The quantitative estimate of drug-likeness (QED) is 0.480. The first-order chi connectivity index (χ1) is 12.0. The number of ether oxygens (including phenoxy) is 1. The van der Waals surface area contributed by atoms with Gasteiger partial charge in [-0.25, -0.2) is 4.79 Å². The molecule has 8 nitrogen and oxygen atoms in total. The summed E-state index contributed by atoms with van der Waals surface area (Å²) in [6, 6.07) is 11.5. The van der Waals surface area contributed by atoms with E-state index in [1.54, 1.807) is 0 Å². The van der Waals surface area contributed by atoms with Crippen LogP contribution >= 0.6 is 0 Å².